The number of Topliss-reactive ketones (excluding diaryl/α,β-unsaturated/α-hetero) is 2. The summed E-state index contributed by atoms with van der Waals surface area (Å²) in [6.45, 7) is 10.2. The molecule has 370 valence electrons. The molecule has 19 nitrogen and oxygen atoms in total. The minimum Gasteiger partial charge on any atom is -0.507 e. The third-order valence-corrected chi connectivity index (χ3v) is 14.0. The van der Waals surface area contributed by atoms with Crippen molar-refractivity contribution >= 4 is 22.3 Å². The van der Waals surface area contributed by atoms with Gasteiger partial charge >= 0.3 is 0 Å². The topological polar surface area (TPSA) is 279 Å². The molecular formula is C47H68O19. The number of aliphatic hydroxyl groups excluding tert-OH is 6. The summed E-state index contributed by atoms with van der Waals surface area (Å²) >= 11 is 0. The van der Waals surface area contributed by atoms with Crippen LogP contribution in [0.15, 0.2) is 18.2 Å². The lowest BCUT2D eigenvalue weighted by Gasteiger charge is -2.44. The summed E-state index contributed by atoms with van der Waals surface area (Å²) in [6, 6.07) is 4.51. The highest BCUT2D eigenvalue weighted by molar-refractivity contribution is 6.11. The van der Waals surface area contributed by atoms with Crippen molar-refractivity contribution in [1.82, 2.24) is 0 Å². The third kappa shape index (κ3) is 10.4. The molecule has 2 aromatic rings. The first-order valence-corrected chi connectivity index (χ1v) is 23.0. The number of aromatic hydroxyl groups is 2. The maximum absolute atomic E-state index is 14.8. The van der Waals surface area contributed by atoms with Crippen LogP contribution in [0.2, 0.25) is 0 Å². The molecule has 19 heteroatoms. The van der Waals surface area contributed by atoms with Crippen LogP contribution in [0.5, 0.6) is 17.2 Å². The quantitative estimate of drug-likeness (QED) is 0.134. The van der Waals surface area contributed by atoms with Gasteiger partial charge < -0.3 is 83.5 Å². The van der Waals surface area contributed by atoms with Gasteiger partial charge in [0.2, 0.25) is 0 Å². The maximum Gasteiger partial charge on any atom is 0.196 e. The summed E-state index contributed by atoms with van der Waals surface area (Å²) in [7, 11) is 2.76. The van der Waals surface area contributed by atoms with Gasteiger partial charge in [-0.3, -0.25) is 9.59 Å². The number of phenols is 2. The molecule has 20 atom stereocenters. The predicted octanol–water partition coefficient (Wildman–Crippen LogP) is 1.76. The van der Waals surface area contributed by atoms with Crippen LogP contribution in [0.3, 0.4) is 0 Å². The Kier molecular flexibility index (Phi) is 16.0. The Bertz CT molecular complexity index is 1980. The van der Waals surface area contributed by atoms with Crippen LogP contribution < -0.4 is 4.74 Å². The Morgan fingerprint density at radius 3 is 1.98 bits per heavy atom. The molecule has 0 aromatic heterocycles. The minimum atomic E-state index is -1.50. The van der Waals surface area contributed by atoms with E-state index in [0.29, 0.717) is 17.4 Å². The predicted molar refractivity (Wildman–Crippen MR) is 231 cm³/mol. The number of carbonyl (C=O) groups is 2. The average Bonchev–Trinajstić information content (AvgIpc) is 3.23. The minimum absolute atomic E-state index is 0.0421. The Balaban J connectivity index is 1.13. The van der Waals surface area contributed by atoms with Gasteiger partial charge in [0.25, 0.3) is 0 Å². The van der Waals surface area contributed by atoms with Crippen molar-refractivity contribution in [2.45, 2.75) is 190 Å². The van der Waals surface area contributed by atoms with Crippen LogP contribution in [0, 0.1) is 17.8 Å². The molecule has 0 radical (unpaired) electrons. The lowest BCUT2D eigenvalue weighted by atomic mass is 9.74. The molecule has 66 heavy (non-hydrogen) atoms. The molecule has 0 amide bonds. The number of phenolic OH excluding ortho intramolecular Hbond substituents is 2. The molecule has 1 saturated carbocycles. The number of benzene rings is 2. The highest BCUT2D eigenvalue weighted by atomic mass is 16.7. The Morgan fingerprint density at radius 1 is 0.742 bits per heavy atom. The molecule has 2 aromatic carbocycles. The molecule has 3 heterocycles. The van der Waals surface area contributed by atoms with Crippen molar-refractivity contribution in [3.63, 3.8) is 0 Å². The van der Waals surface area contributed by atoms with Gasteiger partial charge in [-0.05, 0) is 68.5 Å². The van der Waals surface area contributed by atoms with Gasteiger partial charge in [-0.15, -0.1) is 0 Å². The van der Waals surface area contributed by atoms with E-state index in [1.165, 1.54) is 20.3 Å². The largest absolute Gasteiger partial charge is 0.507 e. The van der Waals surface area contributed by atoms with Crippen molar-refractivity contribution in [2.75, 3.05) is 14.2 Å². The van der Waals surface area contributed by atoms with Crippen molar-refractivity contribution in [3.8, 4) is 17.2 Å². The smallest absolute Gasteiger partial charge is 0.196 e. The molecule has 20 unspecified atom stereocenters. The van der Waals surface area contributed by atoms with Gasteiger partial charge in [0, 0.05) is 51.9 Å². The van der Waals surface area contributed by atoms with Gasteiger partial charge in [-0.2, -0.15) is 0 Å². The molecule has 3 saturated heterocycles. The van der Waals surface area contributed by atoms with Crippen molar-refractivity contribution in [2.24, 2.45) is 17.8 Å². The van der Waals surface area contributed by atoms with E-state index in [1.807, 2.05) is 6.92 Å². The van der Waals surface area contributed by atoms with E-state index in [0.717, 1.165) is 0 Å². The van der Waals surface area contributed by atoms with E-state index in [1.54, 1.807) is 46.8 Å². The number of hydrogen-bond acceptors (Lipinski definition) is 19. The van der Waals surface area contributed by atoms with Crippen LogP contribution in [-0.2, 0) is 49.1 Å². The Hall–Kier alpha value is -3.12. The molecule has 8 N–H and O–H groups in total. The third-order valence-electron chi connectivity index (χ3n) is 14.0. The summed E-state index contributed by atoms with van der Waals surface area (Å²) in [6.07, 6.45) is -16.6. The number of ketones is 2. The number of aliphatic hydroxyl groups is 6. The monoisotopic (exact) mass is 936 g/mol. The fraction of sp³-hybridized carbons (Fsp3) is 0.745. The lowest BCUT2D eigenvalue weighted by molar-refractivity contribution is -0.312. The molecule has 7 rings (SSSR count). The van der Waals surface area contributed by atoms with E-state index in [2.05, 4.69) is 0 Å². The average molecular weight is 937 g/mol. The lowest BCUT2D eigenvalue weighted by Crippen LogP contribution is -2.56. The SMILES string of the molecule is COC(C(=O)C(O)C(C)C)C1Cc2cc3cc(OC4CC(C)C(OC5CC(O)C(O)C(C)O5)C(O)C4)cc(O)c3c(O)c2C(=O)C1OC1CC(OC2CC(O)C(OC)C(C)O2)C(O)C(C)O1. The van der Waals surface area contributed by atoms with Gasteiger partial charge in [0.1, 0.15) is 60.0 Å². The first-order chi connectivity index (χ1) is 31.2. The number of fused-ring (bicyclic) bond motifs is 2. The maximum atomic E-state index is 14.8. The summed E-state index contributed by atoms with van der Waals surface area (Å²) in [5, 5.41) is 87.8. The molecule has 4 fully saturated rings. The van der Waals surface area contributed by atoms with Gasteiger partial charge in [-0.25, -0.2) is 0 Å². The Morgan fingerprint density at radius 2 is 1.36 bits per heavy atom. The second-order valence-electron chi connectivity index (χ2n) is 19.2. The first-order valence-electron chi connectivity index (χ1n) is 23.0. The summed E-state index contributed by atoms with van der Waals surface area (Å²) < 4.78 is 53.9. The summed E-state index contributed by atoms with van der Waals surface area (Å²) in [4.78, 5) is 28.7. The van der Waals surface area contributed by atoms with Crippen molar-refractivity contribution in [3.05, 3.63) is 29.3 Å². The number of methoxy groups -OCH3 is 2. The zero-order valence-corrected chi connectivity index (χ0v) is 38.7. The normalized spacial score (nSPS) is 39.7. The van der Waals surface area contributed by atoms with E-state index in [-0.39, 0.29) is 54.7 Å². The van der Waals surface area contributed by atoms with E-state index in [9.17, 15) is 50.4 Å². The second kappa shape index (κ2) is 20.9. The molecule has 0 spiro atoms. The summed E-state index contributed by atoms with van der Waals surface area (Å²) in [5.41, 5.74) is 0.154. The second-order valence-corrected chi connectivity index (χ2v) is 19.2. The van der Waals surface area contributed by atoms with Crippen LogP contribution in [0.1, 0.15) is 89.6 Å². The highest BCUT2D eigenvalue weighted by Gasteiger charge is 2.50. The molecule has 0 bridgehead atoms. The van der Waals surface area contributed by atoms with E-state index in [4.69, 9.17) is 42.6 Å². The number of carbonyl (C=O) groups excluding carboxylic acids is 2. The van der Waals surface area contributed by atoms with Gasteiger partial charge in [0.05, 0.1) is 59.8 Å². The molecule has 5 aliphatic rings. The van der Waals surface area contributed by atoms with Gasteiger partial charge in [0.15, 0.2) is 30.4 Å². The fourth-order valence-corrected chi connectivity index (χ4v) is 10.4. The summed E-state index contributed by atoms with van der Waals surface area (Å²) in [5.74, 6) is -3.91. The standard InChI is InChI=1S/C47H68O19/c1-18(2)38(52)43(57)46(59-8)27-12-24-10-23-11-26(63-25-9-19(3)44(30(50)14-25)65-34-15-29(49)39(53)20(4)60-34)13-28(48)36(23)41(55)37(24)42(56)47(27)66-35-17-32(40(54)21(5)61-35)64-33-16-31(51)45(58-7)22(6)62-33/h10-11,13,18-22,25,27,29-35,38-40,44-55H,9,12,14-17H2,1-8H3. The zero-order chi connectivity index (χ0) is 48.0. The number of ether oxygens (including phenoxy) is 9. The van der Waals surface area contributed by atoms with Crippen LogP contribution in [0.4, 0.5) is 0 Å². The van der Waals surface area contributed by atoms with Crippen LogP contribution in [-0.4, -0.2) is 177 Å². The first kappa shape index (κ1) is 50.7. The Labute approximate surface area is 383 Å². The highest BCUT2D eigenvalue weighted by Crippen LogP contribution is 2.46. The molecular weight excluding hydrogens is 868 g/mol. The van der Waals surface area contributed by atoms with Crippen molar-refractivity contribution < 1.29 is 93.1 Å². The zero-order valence-electron chi connectivity index (χ0n) is 38.7. The van der Waals surface area contributed by atoms with E-state index >= 15 is 0 Å². The van der Waals surface area contributed by atoms with Crippen LogP contribution in [0.25, 0.3) is 10.8 Å². The fourth-order valence-electron chi connectivity index (χ4n) is 10.4. The molecule has 3 aliphatic heterocycles. The van der Waals surface area contributed by atoms with Crippen LogP contribution >= 0.6 is 0 Å². The number of hydrogen-bond donors (Lipinski definition) is 8. The van der Waals surface area contributed by atoms with Gasteiger partial charge in [-0.1, -0.05) is 20.8 Å². The number of rotatable bonds is 14. The molecule has 2 aliphatic carbocycles. The van der Waals surface area contributed by atoms with Crippen molar-refractivity contribution in [1.29, 1.82) is 0 Å². The van der Waals surface area contributed by atoms with E-state index < -0.39 is 145 Å².